The van der Waals surface area contributed by atoms with Crippen LogP contribution in [-0.4, -0.2) is 39.5 Å². The molecule has 0 unspecified atom stereocenters. The Labute approximate surface area is 192 Å². The minimum atomic E-state index is 0.377. The summed E-state index contributed by atoms with van der Waals surface area (Å²) in [5.41, 5.74) is 5.09. The highest BCUT2D eigenvalue weighted by molar-refractivity contribution is 5.31. The Balaban J connectivity index is 1.20. The second kappa shape index (κ2) is 11.8. The first-order valence-electron chi connectivity index (χ1n) is 12.0. The number of nitrogens with zero attached hydrogens (tertiary/aromatic N) is 3. The van der Waals surface area contributed by atoms with Gasteiger partial charge in [0.2, 0.25) is 0 Å². The average Bonchev–Trinajstić information content (AvgIpc) is 2.83. The number of para-hydroxylation sites is 1. The maximum atomic E-state index is 10.2. The average molecular weight is 430 g/mol. The number of phenols is 1. The van der Waals surface area contributed by atoms with Crippen LogP contribution in [0.4, 0.5) is 0 Å². The maximum Gasteiger partial charge on any atom is 0.120 e. The number of benzene rings is 2. The van der Waals surface area contributed by atoms with E-state index in [2.05, 4.69) is 45.1 Å². The lowest BCUT2D eigenvalue weighted by Crippen LogP contribution is -2.31. The second-order valence-electron chi connectivity index (χ2n) is 8.87. The van der Waals surface area contributed by atoms with Crippen LogP contribution in [0.15, 0.2) is 72.9 Å². The van der Waals surface area contributed by atoms with E-state index in [1.807, 2.05) is 36.5 Å². The lowest BCUT2D eigenvalue weighted by molar-refractivity contribution is 0.235. The van der Waals surface area contributed by atoms with Gasteiger partial charge in [0, 0.05) is 37.9 Å². The van der Waals surface area contributed by atoms with Gasteiger partial charge in [-0.2, -0.15) is 0 Å². The standard InChI is InChI=1S/C28H35N3O/c32-28-15-6-5-13-26(28)22-31(23-27-14-7-8-17-29-27)19-10-2-1-9-18-30-20-16-24-11-3-4-12-25(24)21-30/h3-8,11-15,17,32H,1-2,9-10,16,18-23H2. The molecule has 0 atom stereocenters. The van der Waals surface area contributed by atoms with Gasteiger partial charge in [0.25, 0.3) is 0 Å². The summed E-state index contributed by atoms with van der Waals surface area (Å²) >= 11 is 0. The van der Waals surface area contributed by atoms with Crippen molar-refractivity contribution in [1.29, 1.82) is 0 Å². The van der Waals surface area contributed by atoms with Crippen LogP contribution < -0.4 is 0 Å². The molecule has 0 aliphatic carbocycles. The van der Waals surface area contributed by atoms with Crippen LogP contribution >= 0.6 is 0 Å². The van der Waals surface area contributed by atoms with Crippen LogP contribution in [0.25, 0.3) is 0 Å². The number of hydrogen-bond acceptors (Lipinski definition) is 4. The lowest BCUT2D eigenvalue weighted by atomic mass is 10.00. The molecule has 1 aliphatic rings. The van der Waals surface area contributed by atoms with E-state index >= 15 is 0 Å². The van der Waals surface area contributed by atoms with Crippen LogP contribution in [0.2, 0.25) is 0 Å². The normalized spacial score (nSPS) is 13.9. The highest BCUT2D eigenvalue weighted by Crippen LogP contribution is 2.20. The van der Waals surface area contributed by atoms with Crippen molar-refractivity contribution in [3.8, 4) is 5.75 Å². The summed E-state index contributed by atoms with van der Waals surface area (Å²) in [5.74, 6) is 0.377. The Morgan fingerprint density at radius 3 is 2.44 bits per heavy atom. The fourth-order valence-electron chi connectivity index (χ4n) is 4.59. The molecule has 2 heterocycles. The molecule has 3 aromatic rings. The Hall–Kier alpha value is -2.69. The third-order valence-corrected chi connectivity index (χ3v) is 6.41. The van der Waals surface area contributed by atoms with Gasteiger partial charge in [0.1, 0.15) is 5.75 Å². The molecular weight excluding hydrogens is 394 g/mol. The molecule has 4 rings (SSSR count). The van der Waals surface area contributed by atoms with Gasteiger partial charge in [-0.25, -0.2) is 0 Å². The molecule has 168 valence electrons. The van der Waals surface area contributed by atoms with Crippen LogP contribution in [0.3, 0.4) is 0 Å². The quantitative estimate of drug-likeness (QED) is 0.414. The van der Waals surface area contributed by atoms with Gasteiger partial charge in [-0.05, 0) is 61.7 Å². The van der Waals surface area contributed by atoms with Crippen molar-refractivity contribution >= 4 is 0 Å². The van der Waals surface area contributed by atoms with Crippen molar-refractivity contribution in [2.75, 3.05) is 19.6 Å². The molecule has 0 amide bonds. The topological polar surface area (TPSA) is 39.6 Å². The SMILES string of the molecule is Oc1ccccc1CN(CCCCCCN1CCc2ccccc2C1)Cc1ccccn1. The number of phenolic OH excluding ortho intramolecular Hbond substituents is 1. The Morgan fingerprint density at radius 1 is 0.812 bits per heavy atom. The smallest absolute Gasteiger partial charge is 0.120 e. The van der Waals surface area contributed by atoms with Gasteiger partial charge in [-0.3, -0.25) is 14.8 Å². The zero-order valence-electron chi connectivity index (χ0n) is 19.0. The summed E-state index contributed by atoms with van der Waals surface area (Å²) in [5, 5.41) is 10.2. The maximum absolute atomic E-state index is 10.2. The molecule has 32 heavy (non-hydrogen) atoms. The summed E-state index contributed by atoms with van der Waals surface area (Å²) in [6.45, 7) is 6.06. The number of aromatic nitrogens is 1. The van der Waals surface area contributed by atoms with E-state index in [1.165, 1.54) is 56.3 Å². The molecule has 0 fully saturated rings. The monoisotopic (exact) mass is 429 g/mol. The van der Waals surface area contributed by atoms with E-state index in [4.69, 9.17) is 0 Å². The second-order valence-corrected chi connectivity index (χ2v) is 8.87. The van der Waals surface area contributed by atoms with Crippen LogP contribution in [0, 0.1) is 0 Å². The van der Waals surface area contributed by atoms with Gasteiger partial charge in [0.05, 0.1) is 5.69 Å². The third kappa shape index (κ3) is 6.65. The van der Waals surface area contributed by atoms with Crippen LogP contribution in [0.1, 0.15) is 48.1 Å². The molecule has 1 N–H and O–H groups in total. The molecule has 0 bridgehead atoms. The molecule has 4 nitrogen and oxygen atoms in total. The van der Waals surface area contributed by atoms with Gasteiger partial charge in [0.15, 0.2) is 0 Å². The van der Waals surface area contributed by atoms with Crippen molar-refractivity contribution in [1.82, 2.24) is 14.8 Å². The molecule has 0 saturated carbocycles. The van der Waals surface area contributed by atoms with Crippen molar-refractivity contribution in [3.05, 3.63) is 95.3 Å². The number of rotatable bonds is 11. The summed E-state index contributed by atoms with van der Waals surface area (Å²) < 4.78 is 0. The van der Waals surface area contributed by atoms with Crippen molar-refractivity contribution < 1.29 is 5.11 Å². The molecular formula is C28H35N3O. The molecule has 1 aromatic heterocycles. The fraction of sp³-hybridized carbons (Fsp3) is 0.393. The number of aromatic hydroxyl groups is 1. The predicted octanol–water partition coefficient (Wildman–Crippen LogP) is 5.41. The van der Waals surface area contributed by atoms with E-state index in [0.717, 1.165) is 37.4 Å². The number of hydrogen-bond donors (Lipinski definition) is 1. The van der Waals surface area contributed by atoms with Crippen molar-refractivity contribution in [3.63, 3.8) is 0 Å². The molecule has 0 spiro atoms. The molecule has 4 heteroatoms. The zero-order chi connectivity index (χ0) is 22.0. The molecule has 2 aromatic carbocycles. The Morgan fingerprint density at radius 2 is 1.59 bits per heavy atom. The van der Waals surface area contributed by atoms with Gasteiger partial charge < -0.3 is 5.11 Å². The fourth-order valence-corrected chi connectivity index (χ4v) is 4.59. The van der Waals surface area contributed by atoms with Crippen molar-refractivity contribution in [2.45, 2.75) is 51.7 Å². The summed E-state index contributed by atoms with van der Waals surface area (Å²) in [6, 6.07) is 22.6. The highest BCUT2D eigenvalue weighted by atomic mass is 16.3. The Kier molecular flexibility index (Phi) is 8.29. The minimum Gasteiger partial charge on any atom is -0.508 e. The van der Waals surface area contributed by atoms with Crippen LogP contribution in [0.5, 0.6) is 5.75 Å². The Bertz CT molecular complexity index is 960. The summed E-state index contributed by atoms with van der Waals surface area (Å²) in [4.78, 5) is 9.51. The van der Waals surface area contributed by atoms with E-state index in [-0.39, 0.29) is 0 Å². The van der Waals surface area contributed by atoms with Gasteiger partial charge in [-0.15, -0.1) is 0 Å². The van der Waals surface area contributed by atoms with Crippen molar-refractivity contribution in [2.24, 2.45) is 0 Å². The number of pyridine rings is 1. The minimum absolute atomic E-state index is 0.377. The molecule has 1 aliphatic heterocycles. The third-order valence-electron chi connectivity index (χ3n) is 6.41. The van der Waals surface area contributed by atoms with E-state index in [9.17, 15) is 5.11 Å². The first-order chi connectivity index (χ1) is 15.8. The van der Waals surface area contributed by atoms with Gasteiger partial charge >= 0.3 is 0 Å². The summed E-state index contributed by atoms with van der Waals surface area (Å²) in [6.07, 6.45) is 7.98. The largest absolute Gasteiger partial charge is 0.508 e. The van der Waals surface area contributed by atoms with Gasteiger partial charge in [-0.1, -0.05) is 61.4 Å². The predicted molar refractivity (Wildman–Crippen MR) is 130 cm³/mol. The molecule has 0 saturated heterocycles. The lowest BCUT2D eigenvalue weighted by Gasteiger charge is -2.28. The zero-order valence-corrected chi connectivity index (χ0v) is 19.0. The number of fused-ring (bicyclic) bond motifs is 1. The van der Waals surface area contributed by atoms with Crippen LogP contribution in [-0.2, 0) is 26.1 Å². The van der Waals surface area contributed by atoms with E-state index < -0.39 is 0 Å². The van der Waals surface area contributed by atoms with E-state index in [0.29, 0.717) is 5.75 Å². The number of unbranched alkanes of at least 4 members (excludes halogenated alkanes) is 3. The van der Waals surface area contributed by atoms with E-state index in [1.54, 1.807) is 6.07 Å². The summed E-state index contributed by atoms with van der Waals surface area (Å²) in [7, 11) is 0. The first-order valence-corrected chi connectivity index (χ1v) is 12.0. The highest BCUT2D eigenvalue weighted by Gasteiger charge is 2.15. The first kappa shape index (κ1) is 22.5. The molecule has 0 radical (unpaired) electrons.